The number of ether oxygens (including phenoxy) is 1. The summed E-state index contributed by atoms with van der Waals surface area (Å²) in [7, 11) is 0. The molecule has 1 unspecified atom stereocenters. The molecule has 9 nitrogen and oxygen atoms in total. The number of rotatable bonds is 6. The van der Waals surface area contributed by atoms with Crippen LogP contribution >= 0.6 is 0 Å². The maximum Gasteiger partial charge on any atom is 0.328 e. The van der Waals surface area contributed by atoms with Gasteiger partial charge in [-0.3, -0.25) is 5.43 Å². The minimum atomic E-state index is -0.551. The van der Waals surface area contributed by atoms with Crippen molar-refractivity contribution in [3.05, 3.63) is 0 Å². The van der Waals surface area contributed by atoms with Crippen LogP contribution in [0.1, 0.15) is 26.7 Å². The summed E-state index contributed by atoms with van der Waals surface area (Å²) in [5.41, 5.74) is 2.41. The SMILES string of the molecule is CCOC(=O)C(C)Nc1nc(NN)nc(N2CCCC2)n1. The normalized spacial score (nSPS) is 15.7. The third-order valence-electron chi connectivity index (χ3n) is 3.13. The highest BCUT2D eigenvalue weighted by Gasteiger charge is 2.19. The largest absolute Gasteiger partial charge is 0.464 e. The lowest BCUT2D eigenvalue weighted by Crippen LogP contribution is -2.30. The molecule has 1 saturated heterocycles. The Hall–Kier alpha value is -2.16. The second-order valence-corrected chi connectivity index (χ2v) is 4.74. The van der Waals surface area contributed by atoms with Crippen molar-refractivity contribution in [1.29, 1.82) is 0 Å². The molecule has 0 spiro atoms. The van der Waals surface area contributed by atoms with Gasteiger partial charge in [0.2, 0.25) is 17.8 Å². The molecule has 4 N–H and O–H groups in total. The number of anilines is 3. The first-order valence-electron chi connectivity index (χ1n) is 7.05. The number of carbonyl (C=O) groups is 1. The Morgan fingerprint density at radius 3 is 2.62 bits per heavy atom. The number of nitrogen functional groups attached to an aromatic ring is 1. The average Bonchev–Trinajstić information content (AvgIpc) is 3.01. The van der Waals surface area contributed by atoms with Crippen molar-refractivity contribution < 1.29 is 9.53 Å². The minimum Gasteiger partial charge on any atom is -0.464 e. The summed E-state index contributed by atoms with van der Waals surface area (Å²) in [4.78, 5) is 26.4. The van der Waals surface area contributed by atoms with Gasteiger partial charge in [-0.25, -0.2) is 10.6 Å². The molecule has 2 rings (SSSR count). The van der Waals surface area contributed by atoms with Gasteiger partial charge in [0, 0.05) is 13.1 Å². The highest BCUT2D eigenvalue weighted by atomic mass is 16.5. The lowest BCUT2D eigenvalue weighted by molar-refractivity contribution is -0.143. The van der Waals surface area contributed by atoms with Crippen LogP contribution in [0.2, 0.25) is 0 Å². The van der Waals surface area contributed by atoms with Gasteiger partial charge < -0.3 is 15.0 Å². The molecule has 21 heavy (non-hydrogen) atoms. The van der Waals surface area contributed by atoms with Crippen molar-refractivity contribution in [2.45, 2.75) is 32.7 Å². The molecule has 116 valence electrons. The van der Waals surface area contributed by atoms with Gasteiger partial charge in [0.25, 0.3) is 0 Å². The van der Waals surface area contributed by atoms with Crippen molar-refractivity contribution in [3.8, 4) is 0 Å². The molecule has 2 heterocycles. The first-order chi connectivity index (χ1) is 10.1. The van der Waals surface area contributed by atoms with E-state index in [4.69, 9.17) is 10.6 Å². The molecule has 0 bridgehead atoms. The van der Waals surface area contributed by atoms with E-state index in [0.717, 1.165) is 25.9 Å². The second kappa shape index (κ2) is 7.02. The number of hydrazine groups is 1. The van der Waals surface area contributed by atoms with Crippen molar-refractivity contribution in [2.24, 2.45) is 5.84 Å². The predicted molar refractivity (Wildman–Crippen MR) is 78.8 cm³/mol. The van der Waals surface area contributed by atoms with Crippen molar-refractivity contribution >= 4 is 23.8 Å². The quantitative estimate of drug-likeness (QED) is 0.382. The van der Waals surface area contributed by atoms with Crippen LogP contribution in [0.4, 0.5) is 17.8 Å². The van der Waals surface area contributed by atoms with E-state index >= 15 is 0 Å². The first-order valence-corrected chi connectivity index (χ1v) is 7.05. The van der Waals surface area contributed by atoms with E-state index in [1.54, 1.807) is 13.8 Å². The number of nitrogens with zero attached hydrogens (tertiary/aromatic N) is 4. The molecule has 0 aromatic carbocycles. The fraction of sp³-hybridized carbons (Fsp3) is 0.667. The molecule has 1 aliphatic heterocycles. The summed E-state index contributed by atoms with van der Waals surface area (Å²) < 4.78 is 4.94. The third kappa shape index (κ3) is 3.91. The Labute approximate surface area is 123 Å². The van der Waals surface area contributed by atoms with E-state index in [2.05, 4.69) is 30.6 Å². The maximum atomic E-state index is 11.6. The smallest absolute Gasteiger partial charge is 0.328 e. The molecule has 1 aromatic rings. The monoisotopic (exact) mass is 295 g/mol. The summed E-state index contributed by atoms with van der Waals surface area (Å²) in [5.74, 6) is 6.12. The van der Waals surface area contributed by atoms with Crippen molar-refractivity contribution in [3.63, 3.8) is 0 Å². The van der Waals surface area contributed by atoms with Crippen LogP contribution in [0.25, 0.3) is 0 Å². The second-order valence-electron chi connectivity index (χ2n) is 4.74. The molecule has 0 aliphatic carbocycles. The zero-order chi connectivity index (χ0) is 15.2. The van der Waals surface area contributed by atoms with E-state index in [0.29, 0.717) is 18.5 Å². The lowest BCUT2D eigenvalue weighted by atomic mass is 10.3. The minimum absolute atomic E-state index is 0.255. The Morgan fingerprint density at radius 2 is 2.00 bits per heavy atom. The number of carbonyl (C=O) groups excluding carboxylic acids is 1. The Bertz CT molecular complexity index is 490. The Kier molecular flexibility index (Phi) is 5.09. The van der Waals surface area contributed by atoms with Gasteiger partial charge in [0.1, 0.15) is 6.04 Å². The van der Waals surface area contributed by atoms with E-state index in [-0.39, 0.29) is 11.9 Å². The van der Waals surface area contributed by atoms with Crippen LogP contribution in [0.15, 0.2) is 0 Å². The van der Waals surface area contributed by atoms with Gasteiger partial charge in [-0.2, -0.15) is 15.0 Å². The highest BCUT2D eigenvalue weighted by molar-refractivity contribution is 5.78. The van der Waals surface area contributed by atoms with Crippen LogP contribution in [0, 0.1) is 0 Å². The number of nitrogens with one attached hydrogen (secondary N) is 2. The van der Waals surface area contributed by atoms with Crippen molar-refractivity contribution in [1.82, 2.24) is 15.0 Å². The highest BCUT2D eigenvalue weighted by Crippen LogP contribution is 2.18. The van der Waals surface area contributed by atoms with E-state index < -0.39 is 6.04 Å². The van der Waals surface area contributed by atoms with Crippen LogP contribution in [-0.4, -0.2) is 46.7 Å². The zero-order valence-corrected chi connectivity index (χ0v) is 12.3. The van der Waals surface area contributed by atoms with Gasteiger partial charge in [0.15, 0.2) is 0 Å². The van der Waals surface area contributed by atoms with Gasteiger partial charge in [0.05, 0.1) is 6.61 Å². The number of hydrogen-bond donors (Lipinski definition) is 3. The molecule has 0 amide bonds. The number of nitrogens with two attached hydrogens (primary N) is 1. The van der Waals surface area contributed by atoms with E-state index in [9.17, 15) is 4.79 Å². The molecular weight excluding hydrogens is 274 g/mol. The predicted octanol–water partition coefficient (Wildman–Crippen LogP) is 0.121. The standard InChI is InChI=1S/C12H21N7O2/c1-3-21-9(20)8(2)14-10-15-11(18-13)17-12(16-10)19-6-4-5-7-19/h8H,3-7,13H2,1-2H3,(H2,14,15,16,17,18). The van der Waals surface area contributed by atoms with Crippen LogP contribution in [0.3, 0.4) is 0 Å². The molecule has 9 heteroatoms. The van der Waals surface area contributed by atoms with Crippen LogP contribution < -0.4 is 21.5 Å². The Morgan fingerprint density at radius 1 is 1.33 bits per heavy atom. The van der Waals surface area contributed by atoms with E-state index in [1.165, 1.54) is 0 Å². The molecule has 1 atom stereocenters. The number of esters is 1. The summed E-state index contributed by atoms with van der Waals surface area (Å²) in [6.07, 6.45) is 2.22. The van der Waals surface area contributed by atoms with Crippen LogP contribution in [0.5, 0.6) is 0 Å². The van der Waals surface area contributed by atoms with Gasteiger partial charge in [-0.05, 0) is 26.7 Å². The molecule has 0 saturated carbocycles. The molecule has 0 radical (unpaired) electrons. The average molecular weight is 295 g/mol. The fourth-order valence-corrected chi connectivity index (χ4v) is 2.07. The molecular formula is C12H21N7O2. The number of hydrogen-bond acceptors (Lipinski definition) is 9. The molecule has 1 fully saturated rings. The van der Waals surface area contributed by atoms with Crippen LogP contribution in [-0.2, 0) is 9.53 Å². The summed E-state index contributed by atoms with van der Waals surface area (Å²) in [6, 6.07) is -0.551. The summed E-state index contributed by atoms with van der Waals surface area (Å²) >= 11 is 0. The van der Waals surface area contributed by atoms with E-state index in [1.807, 2.05) is 0 Å². The summed E-state index contributed by atoms with van der Waals surface area (Å²) in [6.45, 7) is 5.58. The lowest BCUT2D eigenvalue weighted by Gasteiger charge is -2.18. The zero-order valence-electron chi connectivity index (χ0n) is 12.3. The van der Waals surface area contributed by atoms with Gasteiger partial charge >= 0.3 is 5.97 Å². The van der Waals surface area contributed by atoms with Crippen molar-refractivity contribution in [2.75, 3.05) is 35.3 Å². The number of aromatic nitrogens is 3. The fourth-order valence-electron chi connectivity index (χ4n) is 2.07. The van der Waals surface area contributed by atoms with Gasteiger partial charge in [-0.15, -0.1) is 0 Å². The Balaban J connectivity index is 2.14. The maximum absolute atomic E-state index is 11.6. The topological polar surface area (TPSA) is 118 Å². The summed E-state index contributed by atoms with van der Waals surface area (Å²) in [5, 5.41) is 2.91. The molecule has 1 aromatic heterocycles. The first kappa shape index (κ1) is 15.2. The van der Waals surface area contributed by atoms with Gasteiger partial charge in [-0.1, -0.05) is 0 Å². The third-order valence-corrected chi connectivity index (χ3v) is 3.13. The molecule has 1 aliphatic rings.